The summed E-state index contributed by atoms with van der Waals surface area (Å²) in [5, 5.41) is 7.59. The Morgan fingerprint density at radius 1 is 1.00 bits per heavy atom. The van der Waals surface area contributed by atoms with E-state index in [1.807, 2.05) is 53.4 Å². The van der Waals surface area contributed by atoms with Crippen molar-refractivity contribution >= 4 is 5.91 Å². The number of carbonyl (C=O) groups is 1. The van der Waals surface area contributed by atoms with Crippen LogP contribution >= 0.6 is 0 Å². The predicted octanol–water partition coefficient (Wildman–Crippen LogP) is 5.93. The quantitative estimate of drug-likeness (QED) is 0.349. The number of aromatic amines is 1. The second-order valence-electron chi connectivity index (χ2n) is 8.81. The van der Waals surface area contributed by atoms with Gasteiger partial charge in [-0.1, -0.05) is 73.2 Å². The largest absolute Gasteiger partial charge is 0.493 e. The third kappa shape index (κ3) is 4.28. The van der Waals surface area contributed by atoms with Crippen molar-refractivity contribution in [2.24, 2.45) is 0 Å². The first-order chi connectivity index (χ1) is 17.1. The van der Waals surface area contributed by atoms with Crippen molar-refractivity contribution in [1.82, 2.24) is 15.1 Å². The fourth-order valence-corrected chi connectivity index (χ4v) is 4.60. The molecule has 1 atom stereocenters. The third-order valence-corrected chi connectivity index (χ3v) is 6.35. The summed E-state index contributed by atoms with van der Waals surface area (Å²) < 4.78 is 11.5. The van der Waals surface area contributed by atoms with Crippen LogP contribution in [0.3, 0.4) is 0 Å². The number of hydrogen-bond donors (Lipinski definition) is 1. The molecule has 2 heterocycles. The number of aryl methyl sites for hydroxylation is 1. The van der Waals surface area contributed by atoms with Crippen LogP contribution < -0.4 is 9.47 Å². The number of hydrogen-bond acceptors (Lipinski definition) is 4. The smallest absolute Gasteiger partial charge is 0.273 e. The van der Waals surface area contributed by atoms with Gasteiger partial charge in [-0.2, -0.15) is 5.10 Å². The lowest BCUT2D eigenvalue weighted by Crippen LogP contribution is -2.29. The predicted molar refractivity (Wildman–Crippen MR) is 136 cm³/mol. The maximum Gasteiger partial charge on any atom is 0.273 e. The molecule has 0 radical (unpaired) electrons. The Bertz CT molecular complexity index is 1330. The molecule has 3 aromatic carbocycles. The van der Waals surface area contributed by atoms with E-state index in [0.29, 0.717) is 30.3 Å². The highest BCUT2D eigenvalue weighted by atomic mass is 16.5. The number of fused-ring (bicyclic) bond motifs is 1. The normalized spacial score (nSPS) is 14.8. The SMILES string of the molecule is CCCOc1ccc(C2c3c(-c4ccccc4)n[nH]c3C(=O)N2Cc2ccc(C)cc2)cc1OC. The molecule has 6 nitrogen and oxygen atoms in total. The molecule has 1 aromatic heterocycles. The van der Waals surface area contributed by atoms with Gasteiger partial charge in [0.25, 0.3) is 5.91 Å². The second kappa shape index (κ2) is 9.66. The van der Waals surface area contributed by atoms with E-state index in [2.05, 4.69) is 48.3 Å². The summed E-state index contributed by atoms with van der Waals surface area (Å²) in [7, 11) is 1.64. The first-order valence-corrected chi connectivity index (χ1v) is 11.9. The van der Waals surface area contributed by atoms with Gasteiger partial charge in [-0.15, -0.1) is 0 Å². The third-order valence-electron chi connectivity index (χ3n) is 6.35. The van der Waals surface area contributed by atoms with Gasteiger partial charge in [0.15, 0.2) is 11.5 Å². The molecule has 0 saturated heterocycles. The minimum atomic E-state index is -0.318. The van der Waals surface area contributed by atoms with E-state index in [9.17, 15) is 4.79 Å². The molecule has 4 aromatic rings. The number of nitrogens with one attached hydrogen (secondary N) is 1. The van der Waals surface area contributed by atoms with E-state index in [-0.39, 0.29) is 11.9 Å². The van der Waals surface area contributed by atoms with Crippen molar-refractivity contribution in [1.29, 1.82) is 0 Å². The summed E-state index contributed by atoms with van der Waals surface area (Å²) in [5.41, 5.74) is 6.38. The molecule has 0 bridgehead atoms. The molecule has 35 heavy (non-hydrogen) atoms. The number of H-pyrrole nitrogens is 1. The summed E-state index contributed by atoms with van der Waals surface area (Å²) in [6.45, 7) is 5.22. The van der Waals surface area contributed by atoms with Crippen LogP contribution in [0.15, 0.2) is 72.8 Å². The number of amides is 1. The average molecular weight is 468 g/mol. The number of aromatic nitrogens is 2. The molecule has 5 rings (SSSR count). The monoisotopic (exact) mass is 467 g/mol. The summed E-state index contributed by atoms with van der Waals surface area (Å²) in [5.74, 6) is 1.28. The zero-order chi connectivity index (χ0) is 24.4. The van der Waals surface area contributed by atoms with Gasteiger partial charge in [0.2, 0.25) is 0 Å². The van der Waals surface area contributed by atoms with Gasteiger partial charge >= 0.3 is 0 Å². The number of nitrogens with zero attached hydrogens (tertiary/aromatic N) is 2. The Hall–Kier alpha value is -4.06. The van der Waals surface area contributed by atoms with Crippen molar-refractivity contribution in [2.45, 2.75) is 32.9 Å². The fraction of sp³-hybridized carbons (Fsp3) is 0.241. The number of carbonyl (C=O) groups excluding carboxylic acids is 1. The van der Waals surface area contributed by atoms with Crippen LogP contribution in [-0.4, -0.2) is 34.7 Å². The number of benzene rings is 3. The Morgan fingerprint density at radius 2 is 1.77 bits per heavy atom. The molecule has 0 spiro atoms. The lowest BCUT2D eigenvalue weighted by Gasteiger charge is -2.27. The van der Waals surface area contributed by atoms with E-state index < -0.39 is 0 Å². The molecule has 6 heteroatoms. The summed E-state index contributed by atoms with van der Waals surface area (Å²) in [6, 6.07) is 23.9. The molecule has 178 valence electrons. The van der Waals surface area contributed by atoms with Gasteiger partial charge in [0.1, 0.15) is 5.69 Å². The van der Waals surface area contributed by atoms with E-state index >= 15 is 0 Å². The van der Waals surface area contributed by atoms with Crippen LogP contribution in [-0.2, 0) is 6.54 Å². The molecule has 0 fully saturated rings. The Morgan fingerprint density at radius 3 is 2.49 bits per heavy atom. The minimum Gasteiger partial charge on any atom is -0.493 e. The van der Waals surface area contributed by atoms with Gasteiger partial charge in [0, 0.05) is 17.7 Å². The van der Waals surface area contributed by atoms with Gasteiger partial charge in [-0.25, -0.2) is 0 Å². The molecular formula is C29H29N3O3. The lowest BCUT2D eigenvalue weighted by molar-refractivity contribution is 0.0730. The molecule has 0 saturated carbocycles. The first-order valence-electron chi connectivity index (χ1n) is 11.9. The minimum absolute atomic E-state index is 0.0643. The molecule has 0 aliphatic carbocycles. The van der Waals surface area contributed by atoms with Crippen LogP contribution in [0.5, 0.6) is 11.5 Å². The highest BCUT2D eigenvalue weighted by Crippen LogP contribution is 2.45. The number of rotatable bonds is 8. The summed E-state index contributed by atoms with van der Waals surface area (Å²) in [4.78, 5) is 15.6. The maximum absolute atomic E-state index is 13.7. The molecule has 1 N–H and O–H groups in total. The standard InChI is InChI=1S/C29H29N3O3/c1-4-16-35-23-15-14-22(17-24(23)34-3)28-25-26(21-8-6-5-7-9-21)30-31-27(25)29(33)32(28)18-20-12-10-19(2)11-13-20/h5-15,17,28H,4,16,18H2,1-3H3,(H,30,31). The van der Waals surface area contributed by atoms with Gasteiger partial charge in [0.05, 0.1) is 25.5 Å². The Labute approximate surface area is 205 Å². The number of methoxy groups -OCH3 is 1. The van der Waals surface area contributed by atoms with Crippen LogP contribution in [0.4, 0.5) is 0 Å². The Kier molecular flexibility index (Phi) is 6.27. The molecule has 1 unspecified atom stereocenters. The van der Waals surface area contributed by atoms with Crippen molar-refractivity contribution in [2.75, 3.05) is 13.7 Å². The van der Waals surface area contributed by atoms with E-state index in [0.717, 1.165) is 34.4 Å². The number of ether oxygens (including phenoxy) is 2. The molecule has 1 amide bonds. The fourth-order valence-electron chi connectivity index (χ4n) is 4.60. The van der Waals surface area contributed by atoms with Crippen LogP contribution in [0, 0.1) is 6.92 Å². The highest BCUT2D eigenvalue weighted by Gasteiger charge is 2.42. The zero-order valence-electron chi connectivity index (χ0n) is 20.2. The van der Waals surface area contributed by atoms with E-state index in [1.165, 1.54) is 5.56 Å². The summed E-state index contributed by atoms with van der Waals surface area (Å²) in [6.07, 6.45) is 0.908. The van der Waals surface area contributed by atoms with Gasteiger partial charge in [-0.05, 0) is 36.6 Å². The Balaban J connectivity index is 1.62. The summed E-state index contributed by atoms with van der Waals surface area (Å²) >= 11 is 0. The zero-order valence-corrected chi connectivity index (χ0v) is 20.2. The van der Waals surface area contributed by atoms with Crippen LogP contribution in [0.25, 0.3) is 11.3 Å². The average Bonchev–Trinajstić information content (AvgIpc) is 3.43. The van der Waals surface area contributed by atoms with Crippen molar-refractivity contribution in [3.05, 3.63) is 101 Å². The van der Waals surface area contributed by atoms with E-state index in [4.69, 9.17) is 9.47 Å². The highest BCUT2D eigenvalue weighted by molar-refractivity contribution is 6.00. The lowest BCUT2D eigenvalue weighted by atomic mass is 9.95. The van der Waals surface area contributed by atoms with Crippen LogP contribution in [0.2, 0.25) is 0 Å². The topological polar surface area (TPSA) is 67.5 Å². The second-order valence-corrected chi connectivity index (χ2v) is 8.81. The molecule has 1 aliphatic heterocycles. The van der Waals surface area contributed by atoms with Gasteiger partial charge < -0.3 is 14.4 Å². The van der Waals surface area contributed by atoms with Gasteiger partial charge in [-0.3, -0.25) is 9.89 Å². The maximum atomic E-state index is 13.7. The molecule has 1 aliphatic rings. The van der Waals surface area contributed by atoms with Crippen molar-refractivity contribution in [3.63, 3.8) is 0 Å². The van der Waals surface area contributed by atoms with Crippen molar-refractivity contribution in [3.8, 4) is 22.8 Å². The van der Waals surface area contributed by atoms with Crippen LogP contribution in [0.1, 0.15) is 52.1 Å². The molecular weight excluding hydrogens is 438 g/mol. The van der Waals surface area contributed by atoms with E-state index in [1.54, 1.807) is 7.11 Å². The van der Waals surface area contributed by atoms with Crippen molar-refractivity contribution < 1.29 is 14.3 Å². The first kappa shape index (κ1) is 22.7.